The first kappa shape index (κ1) is 14.1. The number of benzene rings is 2. The molecule has 0 spiro atoms. The van der Waals surface area contributed by atoms with Gasteiger partial charge < -0.3 is 15.7 Å². The third kappa shape index (κ3) is 3.59. The molecule has 0 unspecified atom stereocenters. The van der Waals surface area contributed by atoms with Crippen LogP contribution >= 0.6 is 0 Å². The van der Waals surface area contributed by atoms with Crippen molar-refractivity contribution in [1.82, 2.24) is 5.32 Å². The maximum atomic E-state index is 12.1. The molecule has 104 valence electrons. The maximum absolute atomic E-state index is 12.1. The van der Waals surface area contributed by atoms with Gasteiger partial charge >= 0.3 is 0 Å². The largest absolute Gasteiger partial charge is 0.508 e. The van der Waals surface area contributed by atoms with Crippen LogP contribution in [-0.2, 0) is 6.54 Å². The number of amides is 1. The Morgan fingerprint density at radius 1 is 1.15 bits per heavy atom. The second-order valence-corrected chi connectivity index (χ2v) is 4.44. The Labute approximate surface area is 118 Å². The van der Waals surface area contributed by atoms with E-state index in [1.54, 1.807) is 12.1 Å². The zero-order valence-electron chi connectivity index (χ0n) is 11.4. The Morgan fingerprint density at radius 2 is 1.95 bits per heavy atom. The number of carbonyl (C=O) groups excluding carboxylic acids is 1. The highest BCUT2D eigenvalue weighted by Crippen LogP contribution is 2.17. The van der Waals surface area contributed by atoms with Crippen LogP contribution in [0.1, 0.15) is 22.8 Å². The highest BCUT2D eigenvalue weighted by Gasteiger charge is 2.09. The molecule has 2 rings (SSSR count). The van der Waals surface area contributed by atoms with E-state index in [9.17, 15) is 9.90 Å². The smallest absolute Gasteiger partial charge is 0.255 e. The zero-order chi connectivity index (χ0) is 14.4. The van der Waals surface area contributed by atoms with E-state index in [-0.39, 0.29) is 11.7 Å². The summed E-state index contributed by atoms with van der Waals surface area (Å²) in [5, 5.41) is 15.5. The Morgan fingerprint density at radius 3 is 2.70 bits per heavy atom. The molecule has 4 nitrogen and oxygen atoms in total. The van der Waals surface area contributed by atoms with Crippen molar-refractivity contribution in [2.45, 2.75) is 13.5 Å². The average Bonchev–Trinajstić information content (AvgIpc) is 2.46. The molecule has 2 aromatic carbocycles. The molecule has 1 amide bonds. The highest BCUT2D eigenvalue weighted by molar-refractivity contribution is 6.04. The van der Waals surface area contributed by atoms with Crippen molar-refractivity contribution < 1.29 is 9.90 Å². The van der Waals surface area contributed by atoms with Gasteiger partial charge in [0.25, 0.3) is 5.91 Å². The van der Waals surface area contributed by atoms with E-state index < -0.39 is 0 Å². The van der Waals surface area contributed by atoms with Gasteiger partial charge in [-0.05, 0) is 36.4 Å². The summed E-state index contributed by atoms with van der Waals surface area (Å²) in [5.41, 5.74) is 2.24. The maximum Gasteiger partial charge on any atom is 0.255 e. The van der Waals surface area contributed by atoms with Crippen LogP contribution in [0.25, 0.3) is 0 Å². The number of nitrogens with one attached hydrogen (secondary N) is 2. The number of phenols is 1. The van der Waals surface area contributed by atoms with Crippen LogP contribution < -0.4 is 10.6 Å². The molecule has 0 saturated carbocycles. The van der Waals surface area contributed by atoms with E-state index in [4.69, 9.17) is 0 Å². The first-order chi connectivity index (χ1) is 9.70. The summed E-state index contributed by atoms with van der Waals surface area (Å²) in [7, 11) is 0. The number of hydrogen-bond acceptors (Lipinski definition) is 3. The summed E-state index contributed by atoms with van der Waals surface area (Å²) in [6.45, 7) is 3.61. The van der Waals surface area contributed by atoms with Gasteiger partial charge in [-0.15, -0.1) is 0 Å². The fourth-order valence-electron chi connectivity index (χ4n) is 1.90. The lowest BCUT2D eigenvalue weighted by atomic mass is 10.1. The summed E-state index contributed by atoms with van der Waals surface area (Å²) in [4.78, 5) is 12.1. The van der Waals surface area contributed by atoms with E-state index in [2.05, 4.69) is 10.6 Å². The molecule has 0 atom stereocenters. The molecule has 0 radical (unpaired) electrons. The van der Waals surface area contributed by atoms with Crippen LogP contribution in [0.4, 0.5) is 5.69 Å². The molecular weight excluding hydrogens is 252 g/mol. The lowest BCUT2D eigenvalue weighted by molar-refractivity contribution is 0.102. The molecule has 0 aliphatic heterocycles. The molecule has 0 fully saturated rings. The minimum atomic E-state index is -0.232. The van der Waals surface area contributed by atoms with Crippen LogP contribution in [0.3, 0.4) is 0 Å². The van der Waals surface area contributed by atoms with Gasteiger partial charge in [0.2, 0.25) is 0 Å². The lowest BCUT2D eigenvalue weighted by Gasteiger charge is -2.11. The van der Waals surface area contributed by atoms with Gasteiger partial charge in [0.05, 0.1) is 0 Å². The first-order valence-electron chi connectivity index (χ1n) is 6.59. The highest BCUT2D eigenvalue weighted by atomic mass is 16.3. The number of aromatic hydroxyl groups is 1. The number of para-hydroxylation sites is 1. The minimum absolute atomic E-state index is 0.0820. The second-order valence-electron chi connectivity index (χ2n) is 4.44. The van der Waals surface area contributed by atoms with Crippen LogP contribution in [0.15, 0.2) is 48.5 Å². The van der Waals surface area contributed by atoms with Gasteiger partial charge in [-0.3, -0.25) is 4.79 Å². The van der Waals surface area contributed by atoms with E-state index in [0.717, 1.165) is 17.8 Å². The molecule has 0 aromatic heterocycles. The van der Waals surface area contributed by atoms with Crippen molar-refractivity contribution in [3.05, 3.63) is 59.7 Å². The molecule has 20 heavy (non-hydrogen) atoms. The number of hydrogen-bond donors (Lipinski definition) is 3. The third-order valence-electron chi connectivity index (χ3n) is 2.94. The number of anilines is 1. The normalized spacial score (nSPS) is 10.2. The summed E-state index contributed by atoms with van der Waals surface area (Å²) >= 11 is 0. The van der Waals surface area contributed by atoms with Crippen LogP contribution in [0.5, 0.6) is 5.75 Å². The van der Waals surface area contributed by atoms with Crippen LogP contribution in [-0.4, -0.2) is 17.6 Å². The summed E-state index contributed by atoms with van der Waals surface area (Å²) in [6.07, 6.45) is 0. The molecule has 4 heteroatoms. The Balaban J connectivity index is 2.15. The van der Waals surface area contributed by atoms with Gasteiger partial charge in [-0.1, -0.05) is 31.2 Å². The van der Waals surface area contributed by atoms with Crippen molar-refractivity contribution >= 4 is 11.6 Å². The summed E-state index contributed by atoms with van der Waals surface area (Å²) < 4.78 is 0. The Kier molecular flexibility index (Phi) is 4.74. The third-order valence-corrected chi connectivity index (χ3v) is 2.94. The van der Waals surface area contributed by atoms with E-state index in [0.29, 0.717) is 12.1 Å². The number of carbonyl (C=O) groups is 1. The summed E-state index contributed by atoms with van der Waals surface area (Å²) in [6, 6.07) is 14.0. The van der Waals surface area contributed by atoms with Gasteiger partial charge in [-0.2, -0.15) is 0 Å². The zero-order valence-corrected chi connectivity index (χ0v) is 11.4. The molecule has 0 aliphatic rings. The van der Waals surface area contributed by atoms with Crippen molar-refractivity contribution in [2.24, 2.45) is 0 Å². The predicted molar refractivity (Wildman–Crippen MR) is 79.9 cm³/mol. The van der Waals surface area contributed by atoms with E-state index in [1.165, 1.54) is 12.1 Å². The van der Waals surface area contributed by atoms with Crippen molar-refractivity contribution in [3.8, 4) is 5.75 Å². The molecule has 0 saturated heterocycles. The van der Waals surface area contributed by atoms with Crippen LogP contribution in [0.2, 0.25) is 0 Å². The Hall–Kier alpha value is -2.33. The summed E-state index contributed by atoms with van der Waals surface area (Å²) in [5.74, 6) is -0.150. The van der Waals surface area contributed by atoms with E-state index in [1.807, 2.05) is 31.2 Å². The number of phenolic OH excluding ortho intramolecular Hbond substituents is 1. The topological polar surface area (TPSA) is 61.4 Å². The van der Waals surface area contributed by atoms with Crippen molar-refractivity contribution in [2.75, 3.05) is 11.9 Å². The van der Waals surface area contributed by atoms with Gasteiger partial charge in [0.15, 0.2) is 0 Å². The quantitative estimate of drug-likeness (QED) is 0.783. The molecule has 3 N–H and O–H groups in total. The fourth-order valence-corrected chi connectivity index (χ4v) is 1.90. The standard InChI is InChI=1S/C16H18N2O2/c1-2-17-11-13-6-3-4-9-15(13)18-16(20)12-7-5-8-14(19)10-12/h3-10,17,19H,2,11H2,1H3,(H,18,20). The number of rotatable bonds is 5. The van der Waals surface area contributed by atoms with Gasteiger partial charge in [0, 0.05) is 17.8 Å². The fraction of sp³-hybridized carbons (Fsp3) is 0.188. The average molecular weight is 270 g/mol. The minimum Gasteiger partial charge on any atom is -0.508 e. The lowest BCUT2D eigenvalue weighted by Crippen LogP contribution is -2.17. The second kappa shape index (κ2) is 6.73. The van der Waals surface area contributed by atoms with Crippen molar-refractivity contribution in [1.29, 1.82) is 0 Å². The molecular formula is C16H18N2O2. The van der Waals surface area contributed by atoms with Crippen LogP contribution in [0, 0.1) is 0 Å². The molecule has 0 bridgehead atoms. The SMILES string of the molecule is CCNCc1ccccc1NC(=O)c1cccc(O)c1. The van der Waals surface area contributed by atoms with Crippen molar-refractivity contribution in [3.63, 3.8) is 0 Å². The Bertz CT molecular complexity index is 597. The molecule has 0 aliphatic carbocycles. The molecule has 2 aromatic rings. The predicted octanol–water partition coefficient (Wildman–Crippen LogP) is 2.75. The van der Waals surface area contributed by atoms with Gasteiger partial charge in [-0.25, -0.2) is 0 Å². The monoisotopic (exact) mass is 270 g/mol. The van der Waals surface area contributed by atoms with Gasteiger partial charge in [0.1, 0.15) is 5.75 Å². The molecule has 0 heterocycles. The van der Waals surface area contributed by atoms with E-state index >= 15 is 0 Å². The first-order valence-corrected chi connectivity index (χ1v) is 6.59.